The fraction of sp³-hybridized carbons (Fsp3) is 0. The first-order valence-electron chi connectivity index (χ1n) is 29.6. The Hall–Kier alpha value is -12.0. The molecule has 88 heavy (non-hydrogen) atoms. The minimum atomic E-state index is 0.555. The highest BCUT2D eigenvalue weighted by Crippen LogP contribution is 2.46. The van der Waals surface area contributed by atoms with Crippen LogP contribution in [0.25, 0.3) is 161 Å². The van der Waals surface area contributed by atoms with Crippen LogP contribution in [0.3, 0.4) is 0 Å². The smallest absolute Gasteiger partial charge is 0.187 e. The topological polar surface area (TPSA) is 52.9 Å². The first-order valence-corrected chi connectivity index (χ1v) is 29.6. The van der Waals surface area contributed by atoms with Crippen molar-refractivity contribution in [2.24, 2.45) is 0 Å². The number of rotatable bonds is 11. The van der Waals surface area contributed by atoms with Crippen LogP contribution in [-0.2, 0) is 0 Å². The van der Waals surface area contributed by atoms with Crippen LogP contribution < -0.4 is 0 Å². The Bertz CT molecular complexity index is 5090. The third-order valence-corrected chi connectivity index (χ3v) is 17.0. The molecule has 6 nitrogen and oxygen atoms in total. The summed E-state index contributed by atoms with van der Waals surface area (Å²) in [6.07, 6.45) is 0. The number of fused-ring (bicyclic) bond motifs is 6. The van der Waals surface area contributed by atoms with Crippen molar-refractivity contribution in [3.63, 3.8) is 0 Å². The fourth-order valence-corrected chi connectivity index (χ4v) is 12.7. The van der Waals surface area contributed by atoms with Crippen molar-refractivity contribution in [2.75, 3.05) is 0 Å². The lowest BCUT2D eigenvalue weighted by Gasteiger charge is -2.21. The van der Waals surface area contributed by atoms with Gasteiger partial charge in [0.05, 0.1) is 40.0 Å². The van der Waals surface area contributed by atoms with Crippen molar-refractivity contribution in [1.82, 2.24) is 24.1 Å². The summed E-state index contributed by atoms with van der Waals surface area (Å²) < 4.78 is 4.92. The summed E-state index contributed by atoms with van der Waals surface area (Å²) in [6, 6.07) is 112. The van der Waals surface area contributed by atoms with Crippen LogP contribution in [0.1, 0.15) is 0 Å². The molecule has 0 atom stereocenters. The van der Waals surface area contributed by atoms with Gasteiger partial charge in [-0.1, -0.05) is 243 Å². The molecule has 0 bridgehead atoms. The molecule has 0 radical (unpaired) electrons. The van der Waals surface area contributed by atoms with Crippen molar-refractivity contribution in [1.29, 1.82) is 0 Å². The Morgan fingerprint density at radius 2 is 0.523 bits per heavy atom. The molecule has 0 spiro atoms. The van der Waals surface area contributed by atoms with Gasteiger partial charge < -0.3 is 9.13 Å². The first-order chi connectivity index (χ1) is 43.6. The van der Waals surface area contributed by atoms with Gasteiger partial charge in [0.1, 0.15) is 0 Å². The highest BCUT2D eigenvalue weighted by Gasteiger charge is 2.25. The Labute approximate surface area is 509 Å². The Kier molecular flexibility index (Phi) is 12.8. The summed E-state index contributed by atoms with van der Waals surface area (Å²) in [5.74, 6) is 1.73. The summed E-state index contributed by atoms with van der Waals surface area (Å²) >= 11 is 0. The van der Waals surface area contributed by atoms with Gasteiger partial charge in [0, 0.05) is 49.4 Å². The molecule has 0 saturated heterocycles. The maximum Gasteiger partial charge on any atom is 0.187 e. The lowest BCUT2D eigenvalue weighted by Crippen LogP contribution is -2.04. The third-order valence-electron chi connectivity index (χ3n) is 17.0. The molecule has 0 fully saturated rings. The van der Waals surface area contributed by atoms with Gasteiger partial charge in [-0.2, -0.15) is 0 Å². The van der Waals surface area contributed by atoms with Gasteiger partial charge in [-0.25, -0.2) is 19.8 Å². The Morgan fingerprint density at radius 3 is 0.898 bits per heavy atom. The van der Waals surface area contributed by atoms with E-state index < -0.39 is 0 Å². The van der Waals surface area contributed by atoms with Crippen molar-refractivity contribution >= 4 is 49.3 Å². The zero-order chi connectivity index (χ0) is 58.5. The molecule has 0 aliphatic heterocycles. The lowest BCUT2D eigenvalue weighted by molar-refractivity contribution is 1.07. The van der Waals surface area contributed by atoms with Gasteiger partial charge in [0.25, 0.3) is 0 Å². The van der Waals surface area contributed by atoms with E-state index in [1.54, 1.807) is 0 Å². The van der Waals surface area contributed by atoms with E-state index in [9.17, 15) is 0 Å². The van der Waals surface area contributed by atoms with E-state index in [2.05, 4.69) is 281 Å². The van der Waals surface area contributed by atoms with Crippen molar-refractivity contribution in [2.45, 2.75) is 0 Å². The van der Waals surface area contributed by atoms with Crippen LogP contribution in [0.5, 0.6) is 0 Å². The molecule has 3 heterocycles. The Balaban J connectivity index is 1.02. The van der Waals surface area contributed by atoms with Gasteiger partial charge >= 0.3 is 0 Å². The average molecular weight is 1120 g/mol. The lowest BCUT2D eigenvalue weighted by atomic mass is 9.94. The van der Waals surface area contributed by atoms with Gasteiger partial charge in [-0.15, -0.1) is 0 Å². The molecule has 3 aromatic heterocycles. The normalized spacial score (nSPS) is 11.4. The molecule has 16 rings (SSSR count). The molecular formula is C82H52N6. The largest absolute Gasteiger partial charge is 0.309 e. The first kappa shape index (κ1) is 51.6. The molecule has 0 N–H and O–H groups in total. The highest BCUT2D eigenvalue weighted by molar-refractivity contribution is 6.14. The van der Waals surface area contributed by atoms with Crippen LogP contribution in [0.2, 0.25) is 0 Å². The molecule has 0 aliphatic carbocycles. The number of nitrogens with zero attached hydrogens (tertiary/aromatic N) is 6. The minimum Gasteiger partial charge on any atom is -0.309 e. The second kappa shape index (κ2) is 21.9. The van der Waals surface area contributed by atoms with Gasteiger partial charge in [-0.3, -0.25) is 0 Å². The zero-order valence-corrected chi connectivity index (χ0v) is 47.7. The third kappa shape index (κ3) is 9.28. The molecule has 13 aromatic carbocycles. The van der Waals surface area contributed by atoms with E-state index in [0.29, 0.717) is 23.2 Å². The maximum atomic E-state index is 7.84. The van der Waals surface area contributed by atoms with E-state index in [0.717, 1.165) is 138 Å². The average Bonchev–Trinajstić information content (AvgIpc) is 1.79. The summed E-state index contributed by atoms with van der Waals surface area (Å²) in [7, 11) is 0. The van der Waals surface area contributed by atoms with Crippen LogP contribution in [0.15, 0.2) is 315 Å². The molecule has 410 valence electrons. The standard InChI is InChI=1S/C82H52N6/c1-83-67-40-32-58(33-41-67)65-34-42-68(79(53-65)88-77-45-37-63(56-24-12-4-13-25-56)50-72(77)73-51-64(38-46-78(73)88)57-26-14-5-15-27-57)69-52-66(82-85-80(59-28-16-6-17-29-59)84-81(86-82)60-30-18-7-19-31-60)39-47-74(69)87-75-43-35-61(54-20-8-2-9-21-54)48-70(75)71-49-62(36-44-76(71)87)55-22-10-3-11-23-55/h2-53H. The molecule has 16 aromatic rings. The fourth-order valence-electron chi connectivity index (χ4n) is 12.7. The number of benzene rings is 13. The van der Waals surface area contributed by atoms with E-state index in [1.165, 1.54) is 0 Å². The second-order valence-electron chi connectivity index (χ2n) is 22.2. The number of hydrogen-bond acceptors (Lipinski definition) is 3. The summed E-state index contributed by atoms with van der Waals surface area (Å²) in [5, 5.41) is 4.56. The minimum absolute atomic E-state index is 0.555. The maximum absolute atomic E-state index is 7.84. The summed E-state index contributed by atoms with van der Waals surface area (Å²) in [4.78, 5) is 19.6. The summed E-state index contributed by atoms with van der Waals surface area (Å²) in [6.45, 7) is 7.84. The van der Waals surface area contributed by atoms with Gasteiger partial charge in [-0.05, 0) is 128 Å². The van der Waals surface area contributed by atoms with Crippen LogP contribution >= 0.6 is 0 Å². The van der Waals surface area contributed by atoms with E-state index in [4.69, 9.17) is 21.5 Å². The Morgan fingerprint density at radius 1 is 0.227 bits per heavy atom. The molecule has 6 heteroatoms. The number of aromatic nitrogens is 5. The second-order valence-corrected chi connectivity index (χ2v) is 22.2. The quantitative estimate of drug-likeness (QED) is 0.121. The van der Waals surface area contributed by atoms with Crippen molar-refractivity contribution in [3.05, 3.63) is 327 Å². The van der Waals surface area contributed by atoms with Gasteiger partial charge in [0.15, 0.2) is 23.2 Å². The number of hydrogen-bond donors (Lipinski definition) is 0. The van der Waals surface area contributed by atoms with E-state index in [1.807, 2.05) is 48.5 Å². The SMILES string of the molecule is [C-]#[N+]c1ccc(-c2ccc(-c3cc(-c4nc(-c5ccccc5)nc(-c5ccccc5)n4)ccc3-n3c4ccc(-c5ccccc5)cc4c4cc(-c5ccccc5)ccc43)c(-n3c4ccc(-c5ccccc5)cc4c4cc(-c5ccccc5)ccc43)c2)cc1. The van der Waals surface area contributed by atoms with E-state index in [-0.39, 0.29) is 0 Å². The van der Waals surface area contributed by atoms with Crippen LogP contribution in [0, 0.1) is 6.57 Å². The molecule has 0 unspecified atom stereocenters. The molecule has 0 saturated carbocycles. The summed E-state index contributed by atoms with van der Waals surface area (Å²) in [5.41, 5.74) is 22.6. The monoisotopic (exact) mass is 1120 g/mol. The highest BCUT2D eigenvalue weighted by atomic mass is 15.0. The predicted octanol–water partition coefficient (Wildman–Crippen LogP) is 21.6. The molecular weight excluding hydrogens is 1070 g/mol. The van der Waals surface area contributed by atoms with Crippen molar-refractivity contribution < 1.29 is 0 Å². The van der Waals surface area contributed by atoms with E-state index >= 15 is 0 Å². The zero-order valence-electron chi connectivity index (χ0n) is 47.7. The van der Waals surface area contributed by atoms with Gasteiger partial charge in [0.2, 0.25) is 0 Å². The predicted molar refractivity (Wildman–Crippen MR) is 364 cm³/mol. The van der Waals surface area contributed by atoms with Crippen LogP contribution in [0.4, 0.5) is 5.69 Å². The van der Waals surface area contributed by atoms with Crippen LogP contribution in [-0.4, -0.2) is 24.1 Å². The molecule has 0 amide bonds. The molecule has 0 aliphatic rings. The van der Waals surface area contributed by atoms with Crippen molar-refractivity contribution in [3.8, 4) is 112 Å².